The first-order valence-electron chi connectivity index (χ1n) is 8.48. The molecule has 0 bridgehead atoms. The monoisotopic (exact) mass is 316 g/mol. The summed E-state index contributed by atoms with van der Waals surface area (Å²) in [5, 5.41) is 5.75. The van der Waals surface area contributed by atoms with Crippen molar-refractivity contribution < 1.29 is 14.0 Å². The lowest BCUT2D eigenvalue weighted by Gasteiger charge is -2.16. The number of hydrogen-bond acceptors (Lipinski definition) is 3. The number of carbonyl (C=O) groups excluding carboxylic acids is 2. The quantitative estimate of drug-likeness (QED) is 0.600. The van der Waals surface area contributed by atoms with Crippen molar-refractivity contribution in [1.29, 1.82) is 0 Å². The third kappa shape index (κ3) is 3.84. The van der Waals surface area contributed by atoms with E-state index >= 15 is 0 Å². The van der Waals surface area contributed by atoms with Gasteiger partial charge < -0.3 is 15.1 Å². The fraction of sp³-hybridized carbons (Fsp3) is 0.556. The van der Waals surface area contributed by atoms with Crippen molar-refractivity contribution in [3.8, 4) is 0 Å². The maximum absolute atomic E-state index is 12.4. The average Bonchev–Trinajstić information content (AvgIpc) is 3.23. The van der Waals surface area contributed by atoms with Gasteiger partial charge in [0.2, 0.25) is 11.8 Å². The van der Waals surface area contributed by atoms with Gasteiger partial charge in [-0.2, -0.15) is 0 Å². The minimum atomic E-state index is -0.854. The highest BCUT2D eigenvalue weighted by Gasteiger charge is 2.56. The third-order valence-corrected chi connectivity index (χ3v) is 4.74. The summed E-state index contributed by atoms with van der Waals surface area (Å²) in [6.45, 7) is 0.950. The van der Waals surface area contributed by atoms with Gasteiger partial charge in [0, 0.05) is 6.54 Å². The molecule has 124 valence electrons. The van der Waals surface area contributed by atoms with Crippen LogP contribution in [0.1, 0.15) is 50.7 Å². The second-order valence-corrected chi connectivity index (χ2v) is 6.46. The maximum atomic E-state index is 12.4. The zero-order valence-electron chi connectivity index (χ0n) is 13.4. The van der Waals surface area contributed by atoms with E-state index in [2.05, 4.69) is 16.7 Å². The van der Waals surface area contributed by atoms with Gasteiger partial charge >= 0.3 is 0 Å². The van der Waals surface area contributed by atoms with E-state index in [1.807, 2.05) is 0 Å². The number of amides is 2. The van der Waals surface area contributed by atoms with Gasteiger partial charge in [0.1, 0.15) is 11.2 Å². The van der Waals surface area contributed by atoms with Crippen molar-refractivity contribution in [2.75, 3.05) is 6.54 Å². The number of furan rings is 1. The first-order chi connectivity index (χ1) is 11.2. The molecule has 0 atom stereocenters. The van der Waals surface area contributed by atoms with Crippen LogP contribution in [0, 0.1) is 5.41 Å². The Morgan fingerprint density at radius 3 is 2.65 bits per heavy atom. The molecule has 0 aromatic carbocycles. The standard InChI is InChI=1S/C18H24N2O3/c21-16(19-11-8-14-5-2-1-3-6-14)18(9-10-18)17(22)20-13-15-7-4-12-23-15/h4-5,7,12H,1-3,6,8-11,13H2,(H,19,21)(H,20,22). The summed E-state index contributed by atoms with van der Waals surface area (Å²) in [5.74, 6) is 0.368. The van der Waals surface area contributed by atoms with Gasteiger partial charge in [-0.05, 0) is 57.1 Å². The second kappa shape index (κ2) is 7.02. The average molecular weight is 316 g/mol. The second-order valence-electron chi connectivity index (χ2n) is 6.46. The van der Waals surface area contributed by atoms with Crippen LogP contribution in [-0.4, -0.2) is 18.4 Å². The Morgan fingerprint density at radius 1 is 1.17 bits per heavy atom. The minimum Gasteiger partial charge on any atom is -0.467 e. The molecule has 2 aliphatic rings. The van der Waals surface area contributed by atoms with Crippen molar-refractivity contribution in [3.05, 3.63) is 35.8 Å². The van der Waals surface area contributed by atoms with E-state index in [4.69, 9.17) is 4.42 Å². The molecule has 0 radical (unpaired) electrons. The summed E-state index contributed by atoms with van der Waals surface area (Å²) in [6, 6.07) is 3.58. The van der Waals surface area contributed by atoms with Crippen molar-refractivity contribution in [2.45, 2.75) is 51.5 Å². The molecule has 1 fully saturated rings. The highest BCUT2D eigenvalue weighted by Crippen LogP contribution is 2.46. The fourth-order valence-electron chi connectivity index (χ4n) is 3.07. The minimum absolute atomic E-state index is 0.133. The summed E-state index contributed by atoms with van der Waals surface area (Å²) in [7, 11) is 0. The van der Waals surface area contributed by atoms with E-state index in [1.165, 1.54) is 18.4 Å². The van der Waals surface area contributed by atoms with E-state index in [-0.39, 0.29) is 11.8 Å². The smallest absolute Gasteiger partial charge is 0.236 e. The molecule has 0 aliphatic heterocycles. The van der Waals surface area contributed by atoms with Crippen LogP contribution in [-0.2, 0) is 16.1 Å². The Balaban J connectivity index is 1.44. The molecule has 0 saturated heterocycles. The molecule has 0 spiro atoms. The van der Waals surface area contributed by atoms with Gasteiger partial charge in [-0.15, -0.1) is 0 Å². The van der Waals surface area contributed by atoms with Crippen LogP contribution >= 0.6 is 0 Å². The molecule has 3 rings (SSSR count). The first-order valence-corrected chi connectivity index (χ1v) is 8.48. The highest BCUT2D eigenvalue weighted by atomic mass is 16.3. The first kappa shape index (κ1) is 15.8. The molecular formula is C18H24N2O3. The van der Waals surface area contributed by atoms with Crippen LogP contribution in [0.15, 0.2) is 34.5 Å². The van der Waals surface area contributed by atoms with Gasteiger partial charge in [-0.1, -0.05) is 11.6 Å². The van der Waals surface area contributed by atoms with Gasteiger partial charge in [0.25, 0.3) is 0 Å². The lowest BCUT2D eigenvalue weighted by Crippen LogP contribution is -2.43. The van der Waals surface area contributed by atoms with Crippen molar-refractivity contribution in [2.24, 2.45) is 5.41 Å². The summed E-state index contributed by atoms with van der Waals surface area (Å²) in [4.78, 5) is 24.7. The molecule has 5 nitrogen and oxygen atoms in total. The number of nitrogens with one attached hydrogen (secondary N) is 2. The molecule has 2 amide bonds. The SMILES string of the molecule is O=C(NCCC1=CCCCC1)C1(C(=O)NCc2ccco2)CC1. The molecule has 1 aromatic heterocycles. The van der Waals surface area contributed by atoms with E-state index in [9.17, 15) is 9.59 Å². The summed E-state index contributed by atoms with van der Waals surface area (Å²) < 4.78 is 5.19. The largest absolute Gasteiger partial charge is 0.467 e. The summed E-state index contributed by atoms with van der Waals surface area (Å²) >= 11 is 0. The van der Waals surface area contributed by atoms with Crippen molar-refractivity contribution >= 4 is 11.8 Å². The zero-order chi connectivity index (χ0) is 16.1. The van der Waals surface area contributed by atoms with E-state index < -0.39 is 5.41 Å². The lowest BCUT2D eigenvalue weighted by atomic mass is 9.97. The predicted molar refractivity (Wildman–Crippen MR) is 86.4 cm³/mol. The highest BCUT2D eigenvalue weighted by molar-refractivity contribution is 6.07. The van der Waals surface area contributed by atoms with E-state index in [1.54, 1.807) is 18.4 Å². The Kier molecular flexibility index (Phi) is 4.84. The van der Waals surface area contributed by atoms with E-state index in [0.29, 0.717) is 31.7 Å². The van der Waals surface area contributed by atoms with Crippen LogP contribution in [0.2, 0.25) is 0 Å². The van der Waals surface area contributed by atoms with Crippen molar-refractivity contribution in [3.63, 3.8) is 0 Å². The van der Waals surface area contributed by atoms with Crippen LogP contribution in [0.3, 0.4) is 0 Å². The van der Waals surface area contributed by atoms with Crippen LogP contribution in [0.4, 0.5) is 0 Å². The molecular weight excluding hydrogens is 292 g/mol. The number of carbonyl (C=O) groups is 2. The maximum Gasteiger partial charge on any atom is 0.236 e. The number of hydrogen-bond donors (Lipinski definition) is 2. The van der Waals surface area contributed by atoms with Crippen LogP contribution < -0.4 is 10.6 Å². The normalized spacial score (nSPS) is 18.9. The molecule has 2 aliphatic carbocycles. The molecule has 5 heteroatoms. The molecule has 2 N–H and O–H groups in total. The zero-order valence-corrected chi connectivity index (χ0v) is 13.4. The Hall–Kier alpha value is -2.04. The van der Waals surface area contributed by atoms with Crippen molar-refractivity contribution in [1.82, 2.24) is 10.6 Å². The van der Waals surface area contributed by atoms with Gasteiger partial charge in [-0.25, -0.2) is 0 Å². The molecule has 1 heterocycles. The number of rotatable bonds is 7. The Morgan fingerprint density at radius 2 is 2.00 bits per heavy atom. The van der Waals surface area contributed by atoms with Gasteiger partial charge in [-0.3, -0.25) is 9.59 Å². The van der Waals surface area contributed by atoms with Crippen LogP contribution in [0.25, 0.3) is 0 Å². The van der Waals surface area contributed by atoms with Gasteiger partial charge in [0.05, 0.1) is 12.8 Å². The summed E-state index contributed by atoms with van der Waals surface area (Å²) in [5.41, 5.74) is 0.580. The van der Waals surface area contributed by atoms with E-state index in [0.717, 1.165) is 19.3 Å². The lowest BCUT2D eigenvalue weighted by molar-refractivity contribution is -0.137. The third-order valence-electron chi connectivity index (χ3n) is 4.74. The molecule has 1 saturated carbocycles. The number of allylic oxidation sites excluding steroid dienone is 1. The molecule has 1 aromatic rings. The molecule has 23 heavy (non-hydrogen) atoms. The Labute approximate surface area is 136 Å². The topological polar surface area (TPSA) is 71.3 Å². The Bertz CT molecular complexity index is 585. The predicted octanol–water partition coefficient (Wildman–Crippen LogP) is 2.68. The fourth-order valence-corrected chi connectivity index (χ4v) is 3.07. The van der Waals surface area contributed by atoms with Crippen LogP contribution in [0.5, 0.6) is 0 Å². The van der Waals surface area contributed by atoms with Gasteiger partial charge in [0.15, 0.2) is 0 Å². The summed E-state index contributed by atoms with van der Waals surface area (Å²) in [6.07, 6.45) is 10.8. The molecule has 0 unspecified atom stereocenters.